The zero-order valence-electron chi connectivity index (χ0n) is 21.9. The van der Waals surface area contributed by atoms with Gasteiger partial charge in [-0.25, -0.2) is 18.7 Å². The summed E-state index contributed by atoms with van der Waals surface area (Å²) in [6, 6.07) is 15.9. The molecule has 1 fully saturated rings. The number of benzene rings is 2. The van der Waals surface area contributed by atoms with E-state index in [4.69, 9.17) is 10.1 Å². The van der Waals surface area contributed by atoms with Crippen LogP contribution in [0.4, 0.5) is 10.1 Å². The third-order valence-electron chi connectivity index (χ3n) is 8.39. The maximum atomic E-state index is 13.7. The molecule has 8 heteroatoms. The van der Waals surface area contributed by atoms with Crippen LogP contribution in [0, 0.1) is 30.0 Å². The SMILES string of the molecule is Cc1c(N=c2scc(-c3ccc(F)cc3)n2N=CC2=CCC3CC2C3(C)C)c(=O)n(-c2ccccc2)n1C. The molecule has 6 nitrogen and oxygen atoms in total. The van der Waals surface area contributed by atoms with E-state index in [-0.39, 0.29) is 16.8 Å². The summed E-state index contributed by atoms with van der Waals surface area (Å²) in [5, 5.41) is 6.86. The number of halogens is 1. The quantitative estimate of drug-likeness (QED) is 0.285. The van der Waals surface area contributed by atoms with Crippen molar-refractivity contribution < 1.29 is 4.39 Å². The van der Waals surface area contributed by atoms with Crippen LogP contribution < -0.4 is 10.4 Å². The topological polar surface area (TPSA) is 56.6 Å². The van der Waals surface area contributed by atoms with Crippen LogP contribution in [0.25, 0.3) is 16.9 Å². The molecule has 2 aromatic heterocycles. The highest BCUT2D eigenvalue weighted by molar-refractivity contribution is 7.07. The number of hydrogen-bond acceptors (Lipinski definition) is 4. The van der Waals surface area contributed by atoms with Gasteiger partial charge in [0.05, 0.1) is 23.3 Å². The third kappa shape index (κ3) is 3.95. The number of para-hydroxylation sites is 1. The maximum absolute atomic E-state index is 13.7. The van der Waals surface area contributed by atoms with Gasteiger partial charge in [0.1, 0.15) is 5.82 Å². The molecule has 0 spiro atoms. The van der Waals surface area contributed by atoms with Gasteiger partial charge in [-0.15, -0.1) is 11.3 Å². The number of nitrogens with zero attached hydrogens (tertiary/aromatic N) is 5. The first-order valence-corrected chi connectivity index (χ1v) is 13.7. The molecule has 7 rings (SSSR count). The molecule has 2 heterocycles. The van der Waals surface area contributed by atoms with E-state index in [0.29, 0.717) is 16.4 Å². The number of aromatic nitrogens is 3. The maximum Gasteiger partial charge on any atom is 0.297 e. The van der Waals surface area contributed by atoms with Crippen molar-refractivity contribution in [2.24, 2.45) is 34.4 Å². The number of allylic oxidation sites excluding steroid dienone is 2. The number of fused-ring (bicyclic) bond motifs is 1. The molecule has 194 valence electrons. The van der Waals surface area contributed by atoms with E-state index < -0.39 is 0 Å². The number of hydrogen-bond donors (Lipinski definition) is 0. The minimum absolute atomic E-state index is 0.194. The summed E-state index contributed by atoms with van der Waals surface area (Å²) in [7, 11) is 1.86. The molecule has 1 saturated carbocycles. The average Bonchev–Trinajstić information content (AvgIpc) is 3.42. The molecule has 2 unspecified atom stereocenters. The van der Waals surface area contributed by atoms with Gasteiger partial charge in [-0.05, 0) is 79.0 Å². The summed E-state index contributed by atoms with van der Waals surface area (Å²) in [4.78, 5) is 19.0. The number of thiazole rings is 1. The van der Waals surface area contributed by atoms with E-state index in [1.165, 1.54) is 35.5 Å². The zero-order valence-corrected chi connectivity index (χ0v) is 22.7. The monoisotopic (exact) mass is 527 g/mol. The minimum Gasteiger partial charge on any atom is -0.283 e. The van der Waals surface area contributed by atoms with Crippen molar-refractivity contribution in [1.29, 1.82) is 0 Å². The predicted octanol–water partition coefficient (Wildman–Crippen LogP) is 6.21. The Morgan fingerprint density at radius 1 is 1.11 bits per heavy atom. The number of rotatable bonds is 5. The third-order valence-corrected chi connectivity index (χ3v) is 9.21. The standard InChI is InChI=1S/C30H30FN5OS/c1-19-27(28(37)36(34(19)4)24-8-6-5-7-9-24)33-29-35(26(18-38-29)20-11-14-23(31)15-12-20)32-17-21-10-13-22-16-25(21)30(22,2)3/h5-12,14-15,17-18,22,25H,13,16H2,1-4H3. The molecule has 4 aromatic rings. The fraction of sp³-hybridized carbons (Fsp3) is 0.300. The fourth-order valence-electron chi connectivity index (χ4n) is 5.76. The second kappa shape index (κ2) is 9.20. The van der Waals surface area contributed by atoms with Gasteiger partial charge < -0.3 is 0 Å². The molecule has 2 bridgehead atoms. The Hall–Kier alpha value is -3.78. The average molecular weight is 528 g/mol. The van der Waals surface area contributed by atoms with Gasteiger partial charge in [0.25, 0.3) is 5.56 Å². The van der Waals surface area contributed by atoms with Crippen LogP contribution in [0.5, 0.6) is 0 Å². The van der Waals surface area contributed by atoms with Crippen LogP contribution in [0.3, 0.4) is 0 Å². The predicted molar refractivity (Wildman–Crippen MR) is 151 cm³/mol. The van der Waals surface area contributed by atoms with Crippen LogP contribution in [0.2, 0.25) is 0 Å². The summed E-state index contributed by atoms with van der Waals surface area (Å²) < 4.78 is 18.9. The molecular formula is C30H30FN5OS. The molecule has 0 aliphatic heterocycles. The largest absolute Gasteiger partial charge is 0.297 e. The first-order valence-electron chi connectivity index (χ1n) is 12.9. The van der Waals surface area contributed by atoms with Crippen molar-refractivity contribution >= 4 is 23.2 Å². The smallest absolute Gasteiger partial charge is 0.283 e. The Morgan fingerprint density at radius 2 is 1.84 bits per heavy atom. The van der Waals surface area contributed by atoms with Crippen molar-refractivity contribution in [2.75, 3.05) is 0 Å². The molecule has 0 radical (unpaired) electrons. The molecule has 2 aromatic carbocycles. The van der Waals surface area contributed by atoms with Gasteiger partial charge in [-0.3, -0.25) is 9.48 Å². The lowest BCUT2D eigenvalue weighted by atomic mass is 9.49. The first kappa shape index (κ1) is 24.6. The highest BCUT2D eigenvalue weighted by Gasteiger charge is 2.50. The lowest BCUT2D eigenvalue weighted by Gasteiger charge is -2.55. The Kier molecular flexibility index (Phi) is 5.94. The molecule has 0 saturated heterocycles. The Morgan fingerprint density at radius 3 is 2.53 bits per heavy atom. The highest BCUT2D eigenvalue weighted by atomic mass is 32.1. The van der Waals surface area contributed by atoms with Crippen LogP contribution in [-0.4, -0.2) is 20.3 Å². The van der Waals surface area contributed by atoms with Crippen LogP contribution in [-0.2, 0) is 7.05 Å². The van der Waals surface area contributed by atoms with Crippen LogP contribution in [0.1, 0.15) is 32.4 Å². The lowest BCUT2D eigenvalue weighted by Crippen LogP contribution is -2.48. The van der Waals surface area contributed by atoms with E-state index in [9.17, 15) is 9.18 Å². The van der Waals surface area contributed by atoms with E-state index in [2.05, 4.69) is 19.9 Å². The van der Waals surface area contributed by atoms with Gasteiger partial charge in [-0.2, -0.15) is 5.10 Å². The summed E-state index contributed by atoms with van der Waals surface area (Å²) in [5.74, 6) is 0.944. The molecule has 0 amide bonds. The lowest BCUT2D eigenvalue weighted by molar-refractivity contribution is -0.00126. The Labute approximate surface area is 224 Å². The van der Waals surface area contributed by atoms with Crippen molar-refractivity contribution in [1.82, 2.24) is 14.0 Å². The molecule has 0 N–H and O–H groups in total. The van der Waals surface area contributed by atoms with Crippen molar-refractivity contribution in [3.63, 3.8) is 0 Å². The van der Waals surface area contributed by atoms with E-state index in [1.807, 2.05) is 60.6 Å². The normalized spacial score (nSPS) is 20.6. The van der Waals surface area contributed by atoms with E-state index in [1.54, 1.807) is 21.5 Å². The second-order valence-electron chi connectivity index (χ2n) is 10.7. The van der Waals surface area contributed by atoms with E-state index >= 15 is 0 Å². The van der Waals surface area contributed by atoms with Crippen LogP contribution in [0.15, 0.2) is 86.5 Å². The van der Waals surface area contributed by atoms with Gasteiger partial charge in [-0.1, -0.05) is 38.1 Å². The second-order valence-corrected chi connectivity index (χ2v) is 11.6. The summed E-state index contributed by atoms with van der Waals surface area (Å²) in [6.45, 7) is 6.57. The zero-order chi connectivity index (χ0) is 26.6. The molecule has 38 heavy (non-hydrogen) atoms. The summed E-state index contributed by atoms with van der Waals surface area (Å²) in [5.41, 5.74) is 4.86. The van der Waals surface area contributed by atoms with Gasteiger partial charge in [0, 0.05) is 18.0 Å². The fourth-order valence-corrected chi connectivity index (χ4v) is 6.60. The van der Waals surface area contributed by atoms with Crippen molar-refractivity contribution in [3.8, 4) is 16.9 Å². The van der Waals surface area contributed by atoms with Gasteiger partial charge in [0.15, 0.2) is 5.69 Å². The first-order chi connectivity index (χ1) is 18.3. The Balaban J connectivity index is 1.49. The van der Waals surface area contributed by atoms with Crippen molar-refractivity contribution in [3.05, 3.63) is 98.3 Å². The summed E-state index contributed by atoms with van der Waals surface area (Å²) in [6.07, 6.45) is 6.52. The van der Waals surface area contributed by atoms with Gasteiger partial charge >= 0.3 is 0 Å². The molecule has 3 aliphatic rings. The van der Waals surface area contributed by atoms with Crippen molar-refractivity contribution in [2.45, 2.75) is 33.6 Å². The molecule has 3 aliphatic carbocycles. The van der Waals surface area contributed by atoms with Crippen LogP contribution >= 0.6 is 11.3 Å². The minimum atomic E-state index is -0.292. The van der Waals surface area contributed by atoms with E-state index in [0.717, 1.165) is 35.0 Å². The van der Waals surface area contributed by atoms with Gasteiger partial charge in [0.2, 0.25) is 4.80 Å². The highest BCUT2D eigenvalue weighted by Crippen LogP contribution is 2.58. The summed E-state index contributed by atoms with van der Waals surface area (Å²) >= 11 is 1.41. The Bertz CT molecular complexity index is 1700. The molecular weight excluding hydrogens is 497 g/mol. The molecule has 2 atom stereocenters.